The van der Waals surface area contributed by atoms with E-state index in [-0.39, 0.29) is 5.82 Å². The summed E-state index contributed by atoms with van der Waals surface area (Å²) < 4.78 is 19.0. The molecule has 1 aromatic heterocycles. The smallest absolute Gasteiger partial charge is 0.281 e. The minimum Gasteiger partial charge on any atom is -0.416 e. The van der Waals surface area contributed by atoms with Gasteiger partial charge in [-0.3, -0.25) is 0 Å². The lowest BCUT2D eigenvalue weighted by Crippen LogP contribution is -2.13. The third-order valence-corrected chi connectivity index (χ3v) is 3.27. The Bertz CT molecular complexity index is 530. The lowest BCUT2D eigenvalue weighted by Gasteiger charge is -2.08. The lowest BCUT2D eigenvalue weighted by molar-refractivity contribution is 0.429. The number of aromatic nitrogens is 2. The number of hydrogen-bond acceptors (Lipinski definition) is 5. The van der Waals surface area contributed by atoms with Gasteiger partial charge in [-0.2, -0.15) is 0 Å². The van der Waals surface area contributed by atoms with Gasteiger partial charge in [0, 0.05) is 23.9 Å². The second-order valence-corrected chi connectivity index (χ2v) is 4.68. The number of halogens is 1. The Labute approximate surface area is 109 Å². The van der Waals surface area contributed by atoms with Crippen LogP contribution in [0.4, 0.5) is 4.39 Å². The summed E-state index contributed by atoms with van der Waals surface area (Å²) in [6, 6.07) is 4.98. The third kappa shape index (κ3) is 3.08. The van der Waals surface area contributed by atoms with Crippen molar-refractivity contribution in [1.82, 2.24) is 15.5 Å². The summed E-state index contributed by atoms with van der Waals surface area (Å²) in [5.41, 5.74) is 0.625. The molecule has 2 rings (SSSR count). The number of benzene rings is 1. The third-order valence-electron chi connectivity index (χ3n) is 2.33. The van der Waals surface area contributed by atoms with Crippen LogP contribution in [0.15, 0.2) is 32.7 Å². The molecule has 0 atom stereocenters. The normalized spacial score (nSPS) is 10.8. The summed E-state index contributed by atoms with van der Waals surface area (Å²) in [5, 5.41) is 11.2. The first-order chi connectivity index (χ1) is 8.70. The predicted octanol–water partition coefficient (Wildman–Crippen LogP) is 2.78. The molecule has 0 saturated heterocycles. The number of aryl methyl sites for hydroxylation is 1. The van der Waals surface area contributed by atoms with Crippen LogP contribution in [0.25, 0.3) is 0 Å². The summed E-state index contributed by atoms with van der Waals surface area (Å²) in [7, 11) is 0. The zero-order valence-corrected chi connectivity index (χ0v) is 11.1. The van der Waals surface area contributed by atoms with Gasteiger partial charge in [0.05, 0.1) is 0 Å². The van der Waals surface area contributed by atoms with Crippen LogP contribution in [0.2, 0.25) is 0 Å². The summed E-state index contributed by atoms with van der Waals surface area (Å²) >= 11 is 1.28. The summed E-state index contributed by atoms with van der Waals surface area (Å²) in [4.78, 5) is 0.791. The molecule has 2 aromatic rings. The van der Waals surface area contributed by atoms with Crippen molar-refractivity contribution in [2.45, 2.75) is 30.5 Å². The fraction of sp³-hybridized carbons (Fsp3) is 0.333. The van der Waals surface area contributed by atoms with E-state index >= 15 is 0 Å². The molecule has 0 spiro atoms. The molecule has 0 aliphatic heterocycles. The van der Waals surface area contributed by atoms with Gasteiger partial charge in [-0.15, -0.1) is 10.2 Å². The van der Waals surface area contributed by atoms with Crippen molar-refractivity contribution >= 4 is 11.8 Å². The van der Waals surface area contributed by atoms with Crippen LogP contribution >= 0.6 is 11.8 Å². The first kappa shape index (κ1) is 13.0. The van der Waals surface area contributed by atoms with Crippen molar-refractivity contribution < 1.29 is 8.81 Å². The van der Waals surface area contributed by atoms with Crippen LogP contribution in [0, 0.1) is 12.7 Å². The zero-order chi connectivity index (χ0) is 13.0. The molecule has 1 heterocycles. The minimum absolute atomic E-state index is 0.225. The largest absolute Gasteiger partial charge is 0.416 e. The topological polar surface area (TPSA) is 51.0 Å². The second-order valence-electron chi connectivity index (χ2n) is 3.69. The van der Waals surface area contributed by atoms with Gasteiger partial charge in [0.15, 0.2) is 0 Å². The van der Waals surface area contributed by atoms with Crippen LogP contribution in [-0.2, 0) is 6.54 Å². The standard InChI is InChI=1S/C12H14FN3OS/c1-3-14-7-9-10(13)5-4-6-11(9)18-12-16-15-8(2)17-12/h4-6,14H,3,7H2,1-2H3. The Balaban J connectivity index is 2.23. The van der Waals surface area contributed by atoms with Gasteiger partial charge >= 0.3 is 0 Å². The Morgan fingerprint density at radius 1 is 1.39 bits per heavy atom. The summed E-state index contributed by atoms with van der Waals surface area (Å²) in [5.74, 6) is 0.277. The maximum absolute atomic E-state index is 13.8. The maximum atomic E-state index is 13.8. The average molecular weight is 267 g/mol. The highest BCUT2D eigenvalue weighted by molar-refractivity contribution is 7.99. The molecule has 0 amide bonds. The minimum atomic E-state index is -0.225. The van der Waals surface area contributed by atoms with E-state index in [1.807, 2.05) is 13.0 Å². The predicted molar refractivity (Wildman–Crippen MR) is 66.9 cm³/mol. The van der Waals surface area contributed by atoms with Crippen molar-refractivity contribution in [1.29, 1.82) is 0 Å². The van der Waals surface area contributed by atoms with Crippen LogP contribution < -0.4 is 5.32 Å². The van der Waals surface area contributed by atoms with Crippen molar-refractivity contribution in [2.75, 3.05) is 6.54 Å². The van der Waals surface area contributed by atoms with Crippen molar-refractivity contribution in [3.05, 3.63) is 35.5 Å². The van der Waals surface area contributed by atoms with E-state index in [4.69, 9.17) is 4.42 Å². The Morgan fingerprint density at radius 3 is 2.89 bits per heavy atom. The molecule has 0 aliphatic carbocycles. The van der Waals surface area contributed by atoms with Crippen LogP contribution in [0.5, 0.6) is 0 Å². The Kier molecular flexibility index (Phi) is 4.33. The van der Waals surface area contributed by atoms with Gasteiger partial charge in [-0.1, -0.05) is 13.0 Å². The summed E-state index contributed by atoms with van der Waals surface area (Å²) in [6.07, 6.45) is 0. The van der Waals surface area contributed by atoms with Gasteiger partial charge in [0.2, 0.25) is 5.89 Å². The monoisotopic (exact) mass is 267 g/mol. The molecule has 0 saturated carbocycles. The lowest BCUT2D eigenvalue weighted by atomic mass is 10.2. The molecule has 0 aliphatic rings. The Hall–Kier alpha value is -1.40. The SMILES string of the molecule is CCNCc1c(F)cccc1Sc1nnc(C)o1. The molecule has 1 N–H and O–H groups in total. The molecule has 0 fully saturated rings. The van der Waals surface area contributed by atoms with Gasteiger partial charge in [-0.05, 0) is 30.4 Å². The molecule has 1 aromatic carbocycles. The number of hydrogen-bond donors (Lipinski definition) is 1. The highest BCUT2D eigenvalue weighted by atomic mass is 32.2. The summed E-state index contributed by atoms with van der Waals surface area (Å²) in [6.45, 7) is 4.98. The molecular formula is C12H14FN3OS. The first-order valence-electron chi connectivity index (χ1n) is 5.66. The number of rotatable bonds is 5. The molecule has 96 valence electrons. The fourth-order valence-corrected chi connectivity index (χ4v) is 2.34. The Morgan fingerprint density at radius 2 is 2.22 bits per heavy atom. The molecule has 0 unspecified atom stereocenters. The second kappa shape index (κ2) is 5.97. The molecule has 0 radical (unpaired) electrons. The fourth-order valence-electron chi connectivity index (χ4n) is 1.47. The van der Waals surface area contributed by atoms with Crippen molar-refractivity contribution in [3.63, 3.8) is 0 Å². The number of nitrogens with one attached hydrogen (secondary N) is 1. The van der Waals surface area contributed by atoms with E-state index in [0.29, 0.717) is 23.2 Å². The van der Waals surface area contributed by atoms with Gasteiger partial charge in [0.1, 0.15) is 5.82 Å². The molecule has 18 heavy (non-hydrogen) atoms. The van der Waals surface area contributed by atoms with E-state index in [1.54, 1.807) is 13.0 Å². The maximum Gasteiger partial charge on any atom is 0.281 e. The van der Waals surface area contributed by atoms with Crippen LogP contribution in [0.1, 0.15) is 18.4 Å². The quantitative estimate of drug-likeness (QED) is 0.902. The number of nitrogens with zero attached hydrogens (tertiary/aromatic N) is 2. The molecule has 4 nitrogen and oxygen atoms in total. The van der Waals surface area contributed by atoms with Gasteiger partial charge in [-0.25, -0.2) is 4.39 Å². The van der Waals surface area contributed by atoms with Gasteiger partial charge in [0.25, 0.3) is 5.22 Å². The highest BCUT2D eigenvalue weighted by Crippen LogP contribution is 2.30. The molecule has 6 heteroatoms. The van der Waals surface area contributed by atoms with E-state index < -0.39 is 0 Å². The van der Waals surface area contributed by atoms with Crippen molar-refractivity contribution in [2.24, 2.45) is 0 Å². The average Bonchev–Trinajstić information content (AvgIpc) is 2.74. The van der Waals surface area contributed by atoms with Crippen LogP contribution in [0.3, 0.4) is 0 Å². The zero-order valence-electron chi connectivity index (χ0n) is 10.2. The van der Waals surface area contributed by atoms with E-state index in [1.165, 1.54) is 17.8 Å². The highest BCUT2D eigenvalue weighted by Gasteiger charge is 2.12. The first-order valence-corrected chi connectivity index (χ1v) is 6.48. The van der Waals surface area contributed by atoms with Crippen LogP contribution in [-0.4, -0.2) is 16.7 Å². The van der Waals surface area contributed by atoms with E-state index in [2.05, 4.69) is 15.5 Å². The van der Waals surface area contributed by atoms with E-state index in [0.717, 1.165) is 11.4 Å². The van der Waals surface area contributed by atoms with E-state index in [9.17, 15) is 4.39 Å². The van der Waals surface area contributed by atoms with Gasteiger partial charge < -0.3 is 9.73 Å². The van der Waals surface area contributed by atoms with Crippen molar-refractivity contribution in [3.8, 4) is 0 Å². The molecular weight excluding hydrogens is 253 g/mol. The molecule has 0 bridgehead atoms.